The second kappa shape index (κ2) is 6.27. The van der Waals surface area contributed by atoms with Crippen molar-refractivity contribution in [1.29, 1.82) is 0 Å². The van der Waals surface area contributed by atoms with E-state index in [0.717, 1.165) is 29.7 Å². The molecule has 1 unspecified atom stereocenters. The van der Waals surface area contributed by atoms with Gasteiger partial charge in [0, 0.05) is 22.8 Å². The summed E-state index contributed by atoms with van der Waals surface area (Å²) in [5.74, 6) is 1.48. The second-order valence-corrected chi connectivity index (χ2v) is 6.27. The van der Waals surface area contributed by atoms with E-state index in [4.69, 9.17) is 4.74 Å². The van der Waals surface area contributed by atoms with Crippen LogP contribution in [0.4, 0.5) is 0 Å². The van der Waals surface area contributed by atoms with Crippen LogP contribution in [0.3, 0.4) is 0 Å². The maximum atomic E-state index is 12.4. The number of hydrogen-bond donors (Lipinski definition) is 0. The van der Waals surface area contributed by atoms with Crippen LogP contribution in [0.1, 0.15) is 35.6 Å². The number of rotatable bonds is 3. The number of Topliss-reactive ketones (excluding diaryl/α,β-unsaturated/α-hetero) is 1. The van der Waals surface area contributed by atoms with Crippen LogP contribution >= 0.6 is 11.3 Å². The average molecular weight is 298 g/mol. The normalized spacial score (nSPS) is 20.7. The van der Waals surface area contributed by atoms with Gasteiger partial charge in [-0.2, -0.15) is 0 Å². The first-order valence-corrected chi connectivity index (χ1v) is 8.06. The van der Waals surface area contributed by atoms with Crippen LogP contribution in [-0.4, -0.2) is 12.9 Å². The lowest BCUT2D eigenvalue weighted by Crippen LogP contribution is -2.15. The van der Waals surface area contributed by atoms with E-state index in [-0.39, 0.29) is 5.78 Å². The number of ether oxygens (including phenoxy) is 1. The van der Waals surface area contributed by atoms with Crippen molar-refractivity contribution >= 4 is 23.2 Å². The zero-order valence-corrected chi connectivity index (χ0v) is 12.9. The molecular formula is C18H18O2S. The highest BCUT2D eigenvalue weighted by Crippen LogP contribution is 2.36. The Hall–Kier alpha value is -1.87. The summed E-state index contributed by atoms with van der Waals surface area (Å²) in [5.41, 5.74) is 1.91. The highest BCUT2D eigenvalue weighted by Gasteiger charge is 2.25. The van der Waals surface area contributed by atoms with Gasteiger partial charge < -0.3 is 4.74 Å². The van der Waals surface area contributed by atoms with Crippen molar-refractivity contribution in [3.8, 4) is 5.75 Å². The summed E-state index contributed by atoms with van der Waals surface area (Å²) in [7, 11) is 1.66. The van der Waals surface area contributed by atoms with Gasteiger partial charge in [-0.25, -0.2) is 0 Å². The summed E-state index contributed by atoms with van der Waals surface area (Å²) in [5, 5.41) is 2.08. The minimum absolute atomic E-state index is 0.269. The highest BCUT2D eigenvalue weighted by atomic mass is 32.1. The van der Waals surface area contributed by atoms with Crippen LogP contribution in [0.5, 0.6) is 5.75 Å². The van der Waals surface area contributed by atoms with Gasteiger partial charge in [0.25, 0.3) is 0 Å². The Morgan fingerprint density at radius 1 is 1.24 bits per heavy atom. The molecule has 21 heavy (non-hydrogen) atoms. The Kier molecular flexibility index (Phi) is 4.20. The summed E-state index contributed by atoms with van der Waals surface area (Å²) >= 11 is 1.75. The predicted octanol–water partition coefficient (Wildman–Crippen LogP) is 4.68. The zero-order valence-electron chi connectivity index (χ0n) is 12.0. The number of hydrogen-bond acceptors (Lipinski definition) is 3. The molecule has 3 heteroatoms. The van der Waals surface area contributed by atoms with Crippen molar-refractivity contribution in [2.45, 2.75) is 25.2 Å². The molecule has 0 amide bonds. The number of benzene rings is 1. The molecule has 0 radical (unpaired) electrons. The Balaban J connectivity index is 1.79. The SMILES string of the molecule is COc1ccccc1/C=C1/CCC(c2cccs2)CC1=O. The van der Waals surface area contributed by atoms with Crippen LogP contribution in [0, 0.1) is 0 Å². The summed E-state index contributed by atoms with van der Waals surface area (Å²) in [6.07, 6.45) is 4.51. The number of ketones is 1. The largest absolute Gasteiger partial charge is 0.496 e. The topological polar surface area (TPSA) is 26.3 Å². The van der Waals surface area contributed by atoms with E-state index in [0.29, 0.717) is 12.3 Å². The van der Waals surface area contributed by atoms with Crippen molar-refractivity contribution in [3.05, 3.63) is 57.8 Å². The van der Waals surface area contributed by atoms with Gasteiger partial charge in [0.1, 0.15) is 5.75 Å². The van der Waals surface area contributed by atoms with Gasteiger partial charge in [-0.15, -0.1) is 11.3 Å². The fourth-order valence-electron chi connectivity index (χ4n) is 2.82. The number of thiophene rings is 1. The molecular weight excluding hydrogens is 280 g/mol. The number of allylic oxidation sites excluding steroid dienone is 1. The van der Waals surface area contributed by atoms with Gasteiger partial charge in [-0.1, -0.05) is 24.3 Å². The van der Waals surface area contributed by atoms with E-state index in [1.54, 1.807) is 18.4 Å². The Morgan fingerprint density at radius 2 is 2.10 bits per heavy atom. The molecule has 1 atom stereocenters. The Bertz CT molecular complexity index is 656. The van der Waals surface area contributed by atoms with Gasteiger partial charge in [-0.3, -0.25) is 4.79 Å². The lowest BCUT2D eigenvalue weighted by Gasteiger charge is -2.22. The summed E-state index contributed by atoms with van der Waals surface area (Å²) in [6, 6.07) is 12.0. The number of carbonyl (C=O) groups excluding carboxylic acids is 1. The zero-order chi connectivity index (χ0) is 14.7. The molecule has 108 valence electrons. The first-order chi connectivity index (χ1) is 10.3. The Morgan fingerprint density at radius 3 is 2.81 bits per heavy atom. The van der Waals surface area contributed by atoms with Crippen LogP contribution in [-0.2, 0) is 4.79 Å². The van der Waals surface area contributed by atoms with Gasteiger partial charge in [0.05, 0.1) is 7.11 Å². The van der Waals surface area contributed by atoms with Gasteiger partial charge in [0.2, 0.25) is 0 Å². The maximum absolute atomic E-state index is 12.4. The maximum Gasteiger partial charge on any atom is 0.159 e. The first kappa shape index (κ1) is 14.1. The lowest BCUT2D eigenvalue weighted by molar-refractivity contribution is -0.116. The molecule has 0 spiro atoms. The fraction of sp³-hybridized carbons (Fsp3) is 0.278. The van der Waals surface area contributed by atoms with E-state index in [9.17, 15) is 4.79 Å². The van der Waals surface area contributed by atoms with E-state index < -0.39 is 0 Å². The molecule has 0 aliphatic heterocycles. The quantitative estimate of drug-likeness (QED) is 0.769. The van der Waals surface area contributed by atoms with E-state index >= 15 is 0 Å². The molecule has 0 bridgehead atoms. The minimum atomic E-state index is 0.269. The molecule has 3 rings (SSSR count). The van der Waals surface area contributed by atoms with E-state index in [1.807, 2.05) is 30.3 Å². The standard InChI is InChI=1S/C18H18O2S/c1-20-17-6-3-2-5-14(17)11-13-8-9-15(12-16(13)19)18-7-4-10-21-18/h2-7,10-11,15H,8-9,12H2,1H3/b13-11-. The smallest absolute Gasteiger partial charge is 0.159 e. The lowest BCUT2D eigenvalue weighted by atomic mass is 9.83. The molecule has 1 saturated carbocycles. The first-order valence-electron chi connectivity index (χ1n) is 7.18. The van der Waals surface area contributed by atoms with Crippen molar-refractivity contribution < 1.29 is 9.53 Å². The van der Waals surface area contributed by atoms with Crippen LogP contribution in [0.15, 0.2) is 47.4 Å². The molecule has 1 fully saturated rings. The monoisotopic (exact) mass is 298 g/mol. The highest BCUT2D eigenvalue weighted by molar-refractivity contribution is 7.10. The van der Waals surface area contributed by atoms with Gasteiger partial charge >= 0.3 is 0 Å². The number of para-hydroxylation sites is 1. The Labute approximate surface area is 129 Å². The van der Waals surface area contributed by atoms with E-state index in [2.05, 4.69) is 17.5 Å². The van der Waals surface area contributed by atoms with Crippen LogP contribution in [0.25, 0.3) is 6.08 Å². The third-order valence-electron chi connectivity index (χ3n) is 3.97. The average Bonchev–Trinajstić information content (AvgIpc) is 3.04. The fourth-order valence-corrected chi connectivity index (χ4v) is 3.68. The van der Waals surface area contributed by atoms with Crippen molar-refractivity contribution in [2.75, 3.05) is 7.11 Å². The van der Waals surface area contributed by atoms with Crippen LogP contribution < -0.4 is 4.74 Å². The van der Waals surface area contributed by atoms with Gasteiger partial charge in [-0.05, 0) is 42.0 Å². The van der Waals surface area contributed by atoms with E-state index in [1.165, 1.54) is 4.88 Å². The number of carbonyl (C=O) groups is 1. The molecule has 1 aromatic heterocycles. The molecule has 2 aromatic rings. The molecule has 1 aliphatic carbocycles. The predicted molar refractivity (Wildman–Crippen MR) is 86.9 cm³/mol. The summed E-state index contributed by atoms with van der Waals surface area (Å²) in [4.78, 5) is 13.7. The third kappa shape index (κ3) is 3.08. The van der Waals surface area contributed by atoms with Crippen LogP contribution in [0.2, 0.25) is 0 Å². The summed E-state index contributed by atoms with van der Waals surface area (Å²) in [6.45, 7) is 0. The molecule has 1 aromatic carbocycles. The molecule has 0 N–H and O–H groups in total. The molecule has 2 nitrogen and oxygen atoms in total. The van der Waals surface area contributed by atoms with Crippen molar-refractivity contribution in [2.24, 2.45) is 0 Å². The molecule has 0 saturated heterocycles. The summed E-state index contributed by atoms with van der Waals surface area (Å²) < 4.78 is 5.35. The second-order valence-electron chi connectivity index (χ2n) is 5.29. The third-order valence-corrected chi connectivity index (χ3v) is 5.00. The number of methoxy groups -OCH3 is 1. The molecule has 1 heterocycles. The molecule has 1 aliphatic rings. The van der Waals surface area contributed by atoms with Crippen molar-refractivity contribution in [3.63, 3.8) is 0 Å². The minimum Gasteiger partial charge on any atom is -0.496 e. The van der Waals surface area contributed by atoms with Gasteiger partial charge in [0.15, 0.2) is 5.78 Å². The van der Waals surface area contributed by atoms with Crippen molar-refractivity contribution in [1.82, 2.24) is 0 Å².